The summed E-state index contributed by atoms with van der Waals surface area (Å²) < 4.78 is 11.7. The molecule has 1 aliphatic rings. The number of hydrogen-bond acceptors (Lipinski definition) is 5. The minimum absolute atomic E-state index is 0.144. The van der Waals surface area contributed by atoms with E-state index in [-0.39, 0.29) is 24.7 Å². The Balaban J connectivity index is 1.50. The van der Waals surface area contributed by atoms with Gasteiger partial charge in [0.05, 0.1) is 0 Å². The summed E-state index contributed by atoms with van der Waals surface area (Å²) in [6.07, 6.45) is 2.72. The predicted molar refractivity (Wildman–Crippen MR) is 113 cm³/mol. The highest BCUT2D eigenvalue weighted by Crippen LogP contribution is 2.43. The van der Waals surface area contributed by atoms with E-state index in [1.165, 1.54) is 0 Å². The van der Waals surface area contributed by atoms with Crippen LogP contribution in [0.15, 0.2) is 54.6 Å². The highest BCUT2D eigenvalue weighted by Gasteiger charge is 2.46. The zero-order chi connectivity index (χ0) is 21.6. The van der Waals surface area contributed by atoms with Crippen LogP contribution < -0.4 is 10.5 Å². The number of benzene rings is 2. The van der Waals surface area contributed by atoms with Gasteiger partial charge in [0.15, 0.2) is 0 Å². The van der Waals surface area contributed by atoms with E-state index < -0.39 is 17.6 Å². The van der Waals surface area contributed by atoms with Gasteiger partial charge >= 0.3 is 11.9 Å². The van der Waals surface area contributed by atoms with Gasteiger partial charge in [0, 0.05) is 12.8 Å². The van der Waals surface area contributed by atoms with Crippen molar-refractivity contribution >= 4 is 11.9 Å². The number of ether oxygens (including phenoxy) is 2. The minimum atomic E-state index is -1.05. The summed E-state index contributed by atoms with van der Waals surface area (Å²) in [5, 5.41) is 8.90. The third kappa shape index (κ3) is 6.59. The van der Waals surface area contributed by atoms with Crippen LogP contribution in [0.1, 0.15) is 43.7 Å². The van der Waals surface area contributed by atoms with Gasteiger partial charge in [-0.3, -0.25) is 9.59 Å². The van der Waals surface area contributed by atoms with Crippen molar-refractivity contribution in [2.75, 3.05) is 0 Å². The molecule has 0 aliphatic heterocycles. The number of hydrogen-bond donors (Lipinski definition) is 2. The molecular weight excluding hydrogens is 382 g/mol. The first kappa shape index (κ1) is 21.8. The molecule has 160 valence electrons. The Morgan fingerprint density at radius 2 is 1.80 bits per heavy atom. The molecule has 0 radical (unpaired) electrons. The van der Waals surface area contributed by atoms with E-state index in [0.29, 0.717) is 13.0 Å². The van der Waals surface area contributed by atoms with Crippen LogP contribution in [0.25, 0.3) is 0 Å². The van der Waals surface area contributed by atoms with Crippen LogP contribution in [0.4, 0.5) is 0 Å². The smallest absolute Gasteiger partial charge is 0.320 e. The van der Waals surface area contributed by atoms with E-state index in [0.717, 1.165) is 29.7 Å². The van der Waals surface area contributed by atoms with Gasteiger partial charge in [0.25, 0.3) is 0 Å². The van der Waals surface area contributed by atoms with Gasteiger partial charge in [-0.15, -0.1) is 0 Å². The largest absolute Gasteiger partial charge is 0.489 e. The summed E-state index contributed by atoms with van der Waals surface area (Å²) >= 11 is 0. The van der Waals surface area contributed by atoms with Crippen LogP contribution in [-0.4, -0.2) is 28.7 Å². The first-order valence-corrected chi connectivity index (χ1v) is 10.3. The van der Waals surface area contributed by atoms with Crippen molar-refractivity contribution in [2.45, 2.75) is 57.3 Å². The maximum absolute atomic E-state index is 12.3. The summed E-state index contributed by atoms with van der Waals surface area (Å²) in [6.45, 7) is 2.32. The molecule has 6 nitrogen and oxygen atoms in total. The quantitative estimate of drug-likeness (QED) is 0.547. The van der Waals surface area contributed by atoms with Crippen molar-refractivity contribution in [3.05, 3.63) is 65.7 Å². The molecule has 30 heavy (non-hydrogen) atoms. The number of esters is 1. The molecule has 2 atom stereocenters. The van der Waals surface area contributed by atoms with Crippen molar-refractivity contribution in [3.8, 4) is 5.75 Å². The van der Waals surface area contributed by atoms with Gasteiger partial charge < -0.3 is 20.3 Å². The van der Waals surface area contributed by atoms with E-state index in [9.17, 15) is 9.59 Å². The second-order valence-electron chi connectivity index (χ2n) is 8.25. The highest BCUT2D eigenvalue weighted by molar-refractivity contribution is 5.73. The average Bonchev–Trinajstić information content (AvgIpc) is 3.45. The summed E-state index contributed by atoms with van der Waals surface area (Å²) in [7, 11) is 0. The molecule has 1 fully saturated rings. The maximum atomic E-state index is 12.3. The Kier molecular flexibility index (Phi) is 7.11. The lowest BCUT2D eigenvalue weighted by atomic mass is 9.99. The van der Waals surface area contributed by atoms with Gasteiger partial charge in [-0.25, -0.2) is 0 Å². The van der Waals surface area contributed by atoms with Crippen molar-refractivity contribution in [2.24, 2.45) is 11.7 Å². The lowest BCUT2D eigenvalue weighted by Crippen LogP contribution is -2.32. The van der Waals surface area contributed by atoms with Crippen LogP contribution in [0.5, 0.6) is 5.75 Å². The van der Waals surface area contributed by atoms with Gasteiger partial charge in [-0.2, -0.15) is 0 Å². The standard InChI is InChI=1S/C24H29NO5/c1-17(12-21(25)23(27)28)13-22(26)30-24(10-11-24)15-19-8-5-9-20(14-19)29-16-18-6-3-2-4-7-18/h2-9,14,17,21H,10-13,15-16,25H2,1H3,(H,27,28)/t17?,21-/m0/s1. The van der Waals surface area contributed by atoms with Crippen molar-refractivity contribution in [1.29, 1.82) is 0 Å². The van der Waals surface area contributed by atoms with E-state index in [1.807, 2.05) is 61.5 Å². The molecular formula is C24H29NO5. The van der Waals surface area contributed by atoms with Gasteiger partial charge in [0.1, 0.15) is 24.0 Å². The first-order chi connectivity index (χ1) is 14.3. The van der Waals surface area contributed by atoms with Gasteiger partial charge in [-0.05, 0) is 48.4 Å². The average molecular weight is 411 g/mol. The van der Waals surface area contributed by atoms with Gasteiger partial charge in [0.2, 0.25) is 0 Å². The number of carbonyl (C=O) groups excluding carboxylic acids is 1. The molecule has 0 heterocycles. The lowest BCUT2D eigenvalue weighted by molar-refractivity contribution is -0.152. The molecule has 3 N–H and O–H groups in total. The van der Waals surface area contributed by atoms with Crippen molar-refractivity contribution in [3.63, 3.8) is 0 Å². The number of carbonyl (C=O) groups is 2. The monoisotopic (exact) mass is 411 g/mol. The minimum Gasteiger partial charge on any atom is -0.489 e. The van der Waals surface area contributed by atoms with Crippen molar-refractivity contribution < 1.29 is 24.2 Å². The second kappa shape index (κ2) is 9.76. The van der Waals surface area contributed by atoms with Crippen LogP contribution in [0.3, 0.4) is 0 Å². The molecule has 1 aliphatic carbocycles. The molecule has 0 aromatic heterocycles. The molecule has 2 aromatic carbocycles. The first-order valence-electron chi connectivity index (χ1n) is 10.3. The van der Waals surface area contributed by atoms with Crippen LogP contribution in [0.2, 0.25) is 0 Å². The Morgan fingerprint density at radius 3 is 2.47 bits per heavy atom. The SMILES string of the molecule is CC(CC(=O)OC1(Cc2cccc(OCc3ccccc3)c2)CC1)C[C@H](N)C(=O)O. The van der Waals surface area contributed by atoms with Crippen LogP contribution in [-0.2, 0) is 27.4 Å². The lowest BCUT2D eigenvalue weighted by Gasteiger charge is -2.19. The van der Waals surface area contributed by atoms with E-state index in [4.69, 9.17) is 20.3 Å². The zero-order valence-electron chi connectivity index (χ0n) is 17.3. The maximum Gasteiger partial charge on any atom is 0.320 e. The van der Waals surface area contributed by atoms with Gasteiger partial charge in [-0.1, -0.05) is 49.4 Å². The number of carboxylic acid groups (broad SMARTS) is 1. The summed E-state index contributed by atoms with van der Waals surface area (Å²) in [5.74, 6) is -0.707. The topological polar surface area (TPSA) is 98.9 Å². The molecule has 1 saturated carbocycles. The number of nitrogens with two attached hydrogens (primary N) is 1. The van der Waals surface area contributed by atoms with Crippen molar-refractivity contribution in [1.82, 2.24) is 0 Å². The molecule has 3 rings (SSSR count). The molecule has 2 aromatic rings. The number of aliphatic carboxylic acids is 1. The number of carboxylic acids is 1. The van der Waals surface area contributed by atoms with E-state index in [2.05, 4.69) is 0 Å². The Bertz CT molecular complexity index is 863. The Hall–Kier alpha value is -2.86. The summed E-state index contributed by atoms with van der Waals surface area (Å²) in [4.78, 5) is 23.2. The molecule has 0 spiro atoms. The molecule has 0 saturated heterocycles. The van der Waals surface area contributed by atoms with Crippen LogP contribution >= 0.6 is 0 Å². The Labute approximate surface area is 177 Å². The van der Waals surface area contributed by atoms with E-state index >= 15 is 0 Å². The third-order valence-corrected chi connectivity index (χ3v) is 5.30. The molecule has 0 amide bonds. The zero-order valence-corrected chi connectivity index (χ0v) is 17.3. The highest BCUT2D eigenvalue weighted by atomic mass is 16.6. The Morgan fingerprint density at radius 1 is 1.10 bits per heavy atom. The fraction of sp³-hybridized carbons (Fsp3) is 0.417. The molecule has 6 heteroatoms. The van der Waals surface area contributed by atoms with Crippen LogP contribution in [0, 0.1) is 5.92 Å². The fourth-order valence-electron chi connectivity index (χ4n) is 3.50. The number of rotatable bonds is 11. The summed E-state index contributed by atoms with van der Waals surface area (Å²) in [5.41, 5.74) is 7.26. The summed E-state index contributed by atoms with van der Waals surface area (Å²) in [6, 6.07) is 16.9. The normalized spacial score (nSPS) is 16.3. The second-order valence-corrected chi connectivity index (χ2v) is 8.25. The third-order valence-electron chi connectivity index (χ3n) is 5.30. The van der Waals surface area contributed by atoms with E-state index in [1.54, 1.807) is 0 Å². The molecule has 0 bridgehead atoms. The predicted octanol–water partition coefficient (Wildman–Crippen LogP) is 3.71. The molecule has 1 unspecified atom stereocenters. The fourth-order valence-corrected chi connectivity index (χ4v) is 3.50.